The topological polar surface area (TPSA) is 84.4 Å². The molecule has 1 aromatic rings. The van der Waals surface area contributed by atoms with E-state index in [1.54, 1.807) is 17.8 Å². The van der Waals surface area contributed by atoms with Gasteiger partial charge >= 0.3 is 0 Å². The number of nitrogens with zero attached hydrogens (tertiary/aromatic N) is 1. The van der Waals surface area contributed by atoms with Crippen LogP contribution in [0.3, 0.4) is 0 Å². The maximum absolute atomic E-state index is 12.1. The van der Waals surface area contributed by atoms with E-state index in [9.17, 15) is 4.79 Å². The summed E-state index contributed by atoms with van der Waals surface area (Å²) in [5.74, 6) is -0.141. The number of amides is 1. The highest BCUT2D eigenvalue weighted by Gasteiger charge is 2.27. The van der Waals surface area contributed by atoms with Crippen LogP contribution in [0.2, 0.25) is 0 Å². The highest BCUT2D eigenvalue weighted by atomic mass is 32.2. The van der Waals surface area contributed by atoms with E-state index in [4.69, 9.17) is 11.5 Å². The van der Waals surface area contributed by atoms with E-state index in [1.807, 2.05) is 6.26 Å². The van der Waals surface area contributed by atoms with Gasteiger partial charge in [0.25, 0.3) is 5.91 Å². The highest BCUT2D eigenvalue weighted by Crippen LogP contribution is 2.44. The van der Waals surface area contributed by atoms with Crippen LogP contribution in [0.5, 0.6) is 0 Å². The zero-order valence-electron chi connectivity index (χ0n) is 11.5. The van der Waals surface area contributed by atoms with Gasteiger partial charge in [0.2, 0.25) is 0 Å². The SMILES string of the molecule is C=CCNC(=O)c1sc(N2CCC(N)C2)c(SC)c1N. The molecule has 1 atom stereocenters. The van der Waals surface area contributed by atoms with Crippen molar-refractivity contribution in [2.45, 2.75) is 17.4 Å². The van der Waals surface area contributed by atoms with E-state index in [0.717, 1.165) is 29.4 Å². The molecule has 0 aromatic carbocycles. The lowest BCUT2D eigenvalue weighted by Gasteiger charge is -2.17. The second-order valence-corrected chi connectivity index (χ2v) is 6.49. The molecule has 1 aliphatic rings. The van der Waals surface area contributed by atoms with Crippen LogP contribution in [0.1, 0.15) is 16.1 Å². The Balaban J connectivity index is 2.29. The van der Waals surface area contributed by atoms with Gasteiger partial charge in [0.15, 0.2) is 0 Å². The zero-order chi connectivity index (χ0) is 14.7. The maximum atomic E-state index is 12.1. The van der Waals surface area contributed by atoms with Gasteiger partial charge in [-0.05, 0) is 12.7 Å². The summed E-state index contributed by atoms with van der Waals surface area (Å²) in [4.78, 5) is 15.9. The number of thioether (sulfide) groups is 1. The highest BCUT2D eigenvalue weighted by molar-refractivity contribution is 7.99. The fraction of sp³-hybridized carbons (Fsp3) is 0.462. The molecule has 20 heavy (non-hydrogen) atoms. The summed E-state index contributed by atoms with van der Waals surface area (Å²) in [6, 6.07) is 0.200. The molecule has 0 bridgehead atoms. The van der Waals surface area contributed by atoms with E-state index < -0.39 is 0 Å². The largest absolute Gasteiger partial charge is 0.396 e. The lowest BCUT2D eigenvalue weighted by molar-refractivity contribution is 0.0963. The molecule has 0 spiro atoms. The number of nitrogens with one attached hydrogen (secondary N) is 1. The first kappa shape index (κ1) is 15.2. The Morgan fingerprint density at radius 3 is 3.00 bits per heavy atom. The maximum Gasteiger partial charge on any atom is 0.263 e. The summed E-state index contributed by atoms with van der Waals surface area (Å²) in [6.07, 6.45) is 4.60. The monoisotopic (exact) mass is 312 g/mol. The third-order valence-electron chi connectivity index (χ3n) is 3.21. The van der Waals surface area contributed by atoms with Gasteiger partial charge < -0.3 is 21.7 Å². The summed E-state index contributed by atoms with van der Waals surface area (Å²) in [7, 11) is 0. The Morgan fingerprint density at radius 2 is 2.45 bits per heavy atom. The zero-order valence-corrected chi connectivity index (χ0v) is 13.1. The Bertz CT molecular complexity index is 515. The molecule has 1 saturated heterocycles. The Labute approximate surface area is 127 Å². The summed E-state index contributed by atoms with van der Waals surface area (Å²) in [6.45, 7) is 5.77. The average molecular weight is 312 g/mol. The number of carbonyl (C=O) groups excluding carboxylic acids is 1. The van der Waals surface area contributed by atoms with Gasteiger partial charge in [-0.1, -0.05) is 6.08 Å². The molecule has 2 heterocycles. The van der Waals surface area contributed by atoms with Crippen LogP contribution in [0.4, 0.5) is 10.7 Å². The molecule has 0 radical (unpaired) electrons. The van der Waals surface area contributed by atoms with E-state index in [1.165, 1.54) is 11.3 Å². The molecule has 7 heteroatoms. The third kappa shape index (κ3) is 2.94. The van der Waals surface area contributed by atoms with Gasteiger partial charge in [-0.25, -0.2) is 0 Å². The first-order valence-electron chi connectivity index (χ1n) is 6.44. The molecular weight excluding hydrogens is 292 g/mol. The summed E-state index contributed by atoms with van der Waals surface area (Å²) in [5, 5.41) is 3.84. The second-order valence-electron chi connectivity index (χ2n) is 4.68. The average Bonchev–Trinajstić information content (AvgIpc) is 2.99. The minimum absolute atomic E-state index is 0.141. The van der Waals surface area contributed by atoms with Crippen molar-refractivity contribution in [1.29, 1.82) is 0 Å². The molecule has 1 unspecified atom stereocenters. The molecule has 1 aliphatic heterocycles. The number of carbonyl (C=O) groups is 1. The van der Waals surface area contributed by atoms with Crippen molar-refractivity contribution in [2.75, 3.05) is 36.5 Å². The van der Waals surface area contributed by atoms with Crippen LogP contribution in [0.15, 0.2) is 17.6 Å². The number of hydrogen-bond donors (Lipinski definition) is 3. The lowest BCUT2D eigenvalue weighted by Crippen LogP contribution is -2.26. The fourth-order valence-electron chi connectivity index (χ4n) is 2.21. The molecule has 1 fully saturated rings. The van der Waals surface area contributed by atoms with Crippen LogP contribution in [-0.2, 0) is 0 Å². The van der Waals surface area contributed by atoms with Crippen molar-refractivity contribution in [1.82, 2.24) is 5.32 Å². The number of hydrogen-bond acceptors (Lipinski definition) is 6. The van der Waals surface area contributed by atoms with Crippen molar-refractivity contribution in [2.24, 2.45) is 5.73 Å². The van der Waals surface area contributed by atoms with Crippen molar-refractivity contribution in [3.63, 3.8) is 0 Å². The predicted octanol–water partition coefficient (Wildman–Crippen LogP) is 1.51. The molecule has 2 rings (SSSR count). The second kappa shape index (κ2) is 6.51. The third-order valence-corrected chi connectivity index (χ3v) is 5.43. The van der Waals surface area contributed by atoms with E-state index in [0.29, 0.717) is 17.1 Å². The molecule has 0 aliphatic carbocycles. The van der Waals surface area contributed by atoms with Crippen LogP contribution >= 0.6 is 23.1 Å². The molecular formula is C13H20N4OS2. The molecule has 5 N–H and O–H groups in total. The van der Waals surface area contributed by atoms with Gasteiger partial charge in [0, 0.05) is 25.7 Å². The van der Waals surface area contributed by atoms with Gasteiger partial charge in [-0.2, -0.15) is 0 Å². The Morgan fingerprint density at radius 1 is 1.70 bits per heavy atom. The molecule has 1 amide bonds. The molecule has 5 nitrogen and oxygen atoms in total. The minimum atomic E-state index is -0.141. The standard InChI is InChI=1S/C13H20N4OS2/c1-3-5-16-12(18)10-9(15)11(19-2)13(20-10)17-6-4-8(14)7-17/h3,8H,1,4-7,14-15H2,2H3,(H,16,18). The smallest absolute Gasteiger partial charge is 0.263 e. The van der Waals surface area contributed by atoms with Crippen LogP contribution < -0.4 is 21.7 Å². The number of rotatable bonds is 5. The van der Waals surface area contributed by atoms with Crippen molar-refractivity contribution < 1.29 is 4.79 Å². The fourth-order valence-corrected chi connectivity index (χ4v) is 4.34. The molecule has 1 aromatic heterocycles. The van der Waals surface area contributed by atoms with E-state index in [2.05, 4.69) is 16.8 Å². The normalized spacial score (nSPS) is 18.3. The van der Waals surface area contributed by atoms with Gasteiger partial charge in [0.1, 0.15) is 9.88 Å². The molecule has 0 saturated carbocycles. The van der Waals surface area contributed by atoms with Crippen molar-refractivity contribution in [3.8, 4) is 0 Å². The first-order valence-corrected chi connectivity index (χ1v) is 8.48. The quantitative estimate of drug-likeness (QED) is 0.567. The van der Waals surface area contributed by atoms with E-state index in [-0.39, 0.29) is 11.9 Å². The van der Waals surface area contributed by atoms with E-state index >= 15 is 0 Å². The number of nitrogen functional groups attached to an aromatic ring is 1. The van der Waals surface area contributed by atoms with Gasteiger partial charge in [0.05, 0.1) is 10.6 Å². The lowest BCUT2D eigenvalue weighted by atomic mass is 10.3. The number of anilines is 2. The van der Waals surface area contributed by atoms with Crippen LogP contribution in [0.25, 0.3) is 0 Å². The van der Waals surface area contributed by atoms with Crippen LogP contribution in [0, 0.1) is 0 Å². The predicted molar refractivity (Wildman–Crippen MR) is 87.8 cm³/mol. The molecule has 110 valence electrons. The summed E-state index contributed by atoms with van der Waals surface area (Å²) < 4.78 is 0. The van der Waals surface area contributed by atoms with Gasteiger partial charge in [-0.3, -0.25) is 4.79 Å². The van der Waals surface area contributed by atoms with Crippen molar-refractivity contribution in [3.05, 3.63) is 17.5 Å². The minimum Gasteiger partial charge on any atom is -0.396 e. The van der Waals surface area contributed by atoms with Crippen LogP contribution in [-0.4, -0.2) is 37.8 Å². The summed E-state index contributed by atoms with van der Waals surface area (Å²) >= 11 is 3.02. The number of nitrogens with two attached hydrogens (primary N) is 2. The first-order chi connectivity index (χ1) is 9.58. The van der Waals surface area contributed by atoms with Crippen molar-refractivity contribution >= 4 is 39.7 Å². The van der Waals surface area contributed by atoms with Gasteiger partial charge in [-0.15, -0.1) is 29.7 Å². The Hall–Kier alpha value is -1.18. The Kier molecular flexibility index (Phi) is 4.95. The number of thiophene rings is 1. The summed E-state index contributed by atoms with van der Waals surface area (Å²) in [5.41, 5.74) is 12.7.